The summed E-state index contributed by atoms with van der Waals surface area (Å²) in [5.41, 5.74) is 0. The van der Waals surface area contributed by atoms with E-state index >= 15 is 0 Å². The van der Waals surface area contributed by atoms with Gasteiger partial charge in [0, 0.05) is 0 Å². The minimum absolute atomic E-state index is 0.934. The molecular formula is C14H32Hf. The number of hydrogen-bond acceptors (Lipinski definition) is 0. The van der Waals surface area contributed by atoms with Gasteiger partial charge in [0.1, 0.15) is 0 Å². The van der Waals surface area contributed by atoms with E-state index in [0.717, 1.165) is 17.8 Å². The summed E-state index contributed by atoms with van der Waals surface area (Å²) in [6, 6.07) is 0. The second kappa shape index (κ2) is 7.25. The van der Waals surface area contributed by atoms with Crippen LogP contribution in [0.15, 0.2) is 0 Å². The van der Waals surface area contributed by atoms with Crippen LogP contribution >= 0.6 is 0 Å². The standard InChI is InChI=1S/3C4H9.C2H5.Hf/c3*1-4(2)3;1-2;/h3*4H,1H2,2-3H3;1H2,2H3;. The van der Waals surface area contributed by atoms with Gasteiger partial charge in [-0.25, -0.2) is 0 Å². The van der Waals surface area contributed by atoms with Crippen LogP contribution in [0, 0.1) is 17.8 Å². The first-order chi connectivity index (χ1) is 6.81. The molecule has 0 heterocycles. The van der Waals surface area contributed by atoms with Crippen LogP contribution in [0.5, 0.6) is 0 Å². The minimum atomic E-state index is -1.90. The summed E-state index contributed by atoms with van der Waals surface area (Å²) in [6.45, 7) is 17.0. The van der Waals surface area contributed by atoms with E-state index in [1.165, 1.54) is 0 Å². The van der Waals surface area contributed by atoms with Crippen molar-refractivity contribution >= 4 is 0 Å². The van der Waals surface area contributed by atoms with Crippen LogP contribution in [-0.2, 0) is 20.0 Å². The first kappa shape index (κ1) is 15.9. The molecule has 0 aliphatic rings. The Bertz CT molecular complexity index is 132. The Morgan fingerprint density at radius 1 is 0.667 bits per heavy atom. The molecule has 0 amide bonds. The number of rotatable bonds is 7. The van der Waals surface area contributed by atoms with Crippen LogP contribution < -0.4 is 0 Å². The van der Waals surface area contributed by atoms with Gasteiger partial charge in [0.15, 0.2) is 0 Å². The zero-order valence-electron chi connectivity index (χ0n) is 12.1. The predicted molar refractivity (Wildman–Crippen MR) is 69.4 cm³/mol. The Morgan fingerprint density at radius 2 is 0.933 bits per heavy atom. The summed E-state index contributed by atoms with van der Waals surface area (Å²) in [7, 11) is 0. The van der Waals surface area contributed by atoms with Gasteiger partial charge >= 0.3 is 103 Å². The van der Waals surface area contributed by atoms with E-state index in [0.29, 0.717) is 0 Å². The normalized spacial score (nSPS) is 13.2. The van der Waals surface area contributed by atoms with E-state index in [2.05, 4.69) is 48.5 Å². The average Bonchev–Trinajstić information content (AvgIpc) is 1.99. The zero-order chi connectivity index (χ0) is 12.1. The SMILES string of the molecule is C[CH2][Hf]([CH2]C(C)C)([CH2]C(C)C)[CH2]C(C)C. The Morgan fingerprint density at radius 3 is 1.07 bits per heavy atom. The third-order valence-electron chi connectivity index (χ3n) is 3.27. The molecule has 0 saturated carbocycles. The monoisotopic (exact) mass is 380 g/mol. The van der Waals surface area contributed by atoms with Crippen LogP contribution in [0.25, 0.3) is 0 Å². The molecule has 0 aromatic heterocycles. The second-order valence-electron chi connectivity index (χ2n) is 6.65. The molecule has 1 heteroatoms. The van der Waals surface area contributed by atoms with Gasteiger partial charge in [0.25, 0.3) is 0 Å². The van der Waals surface area contributed by atoms with E-state index in [1.54, 1.807) is 16.7 Å². The van der Waals surface area contributed by atoms with E-state index in [9.17, 15) is 0 Å². The Kier molecular flexibility index (Phi) is 7.67. The topological polar surface area (TPSA) is 0 Å². The third-order valence-corrected chi connectivity index (χ3v) is 26.8. The molecule has 0 atom stereocenters. The predicted octanol–water partition coefficient (Wildman–Crippen LogP) is 5.80. The zero-order valence-corrected chi connectivity index (χ0v) is 15.7. The van der Waals surface area contributed by atoms with Crippen molar-refractivity contribution in [3.05, 3.63) is 0 Å². The summed E-state index contributed by atoms with van der Waals surface area (Å²) in [4.78, 5) is 0. The van der Waals surface area contributed by atoms with Crippen molar-refractivity contribution in [3.63, 3.8) is 0 Å². The molecule has 0 aromatic rings. The van der Waals surface area contributed by atoms with Crippen LogP contribution in [0.2, 0.25) is 16.7 Å². The maximum atomic E-state index is 2.48. The van der Waals surface area contributed by atoms with Gasteiger partial charge in [-0.1, -0.05) is 0 Å². The summed E-state index contributed by atoms with van der Waals surface area (Å²) in [6.07, 6.45) is 0. The Hall–Kier alpha value is 0.870. The molecule has 0 aromatic carbocycles. The molecule has 0 saturated heterocycles. The molecule has 0 nitrogen and oxygen atoms in total. The molecule has 0 aliphatic carbocycles. The fourth-order valence-corrected chi connectivity index (χ4v) is 26.9. The summed E-state index contributed by atoms with van der Waals surface area (Å²) in [5, 5.41) is 0. The van der Waals surface area contributed by atoms with Crippen molar-refractivity contribution in [1.82, 2.24) is 0 Å². The molecular weight excluding hydrogens is 347 g/mol. The molecule has 92 valence electrons. The van der Waals surface area contributed by atoms with Crippen molar-refractivity contribution in [2.45, 2.75) is 65.2 Å². The van der Waals surface area contributed by atoms with Gasteiger partial charge in [-0.15, -0.1) is 0 Å². The molecule has 0 rings (SSSR count). The first-order valence-corrected chi connectivity index (χ1v) is 17.0. The molecule has 15 heavy (non-hydrogen) atoms. The molecule has 0 aliphatic heterocycles. The summed E-state index contributed by atoms with van der Waals surface area (Å²) < 4.78 is 6.45. The van der Waals surface area contributed by atoms with Gasteiger partial charge in [-0.2, -0.15) is 0 Å². The Labute approximate surface area is 103 Å². The van der Waals surface area contributed by atoms with Crippen molar-refractivity contribution in [3.8, 4) is 0 Å². The van der Waals surface area contributed by atoms with E-state index in [4.69, 9.17) is 0 Å². The third kappa shape index (κ3) is 6.92. The molecule has 0 fully saturated rings. The Balaban J connectivity index is 4.59. The molecule has 0 radical (unpaired) electrons. The van der Waals surface area contributed by atoms with Crippen LogP contribution in [0.1, 0.15) is 48.5 Å². The van der Waals surface area contributed by atoms with Gasteiger partial charge in [-0.3, -0.25) is 0 Å². The van der Waals surface area contributed by atoms with Crippen LogP contribution in [0.4, 0.5) is 0 Å². The van der Waals surface area contributed by atoms with Crippen molar-refractivity contribution in [1.29, 1.82) is 0 Å². The fraction of sp³-hybridized carbons (Fsp3) is 1.00. The average molecular weight is 379 g/mol. The van der Waals surface area contributed by atoms with Crippen LogP contribution in [0.3, 0.4) is 0 Å². The van der Waals surface area contributed by atoms with E-state index < -0.39 is 20.0 Å². The molecule has 0 spiro atoms. The van der Waals surface area contributed by atoms with Crippen LogP contribution in [-0.4, -0.2) is 0 Å². The van der Waals surface area contributed by atoms with Gasteiger partial charge in [0.2, 0.25) is 0 Å². The van der Waals surface area contributed by atoms with E-state index in [-0.39, 0.29) is 0 Å². The number of hydrogen-bond donors (Lipinski definition) is 0. The quantitative estimate of drug-likeness (QED) is 0.491. The molecule has 0 unspecified atom stereocenters. The second-order valence-corrected chi connectivity index (χ2v) is 24.4. The first-order valence-electron chi connectivity index (χ1n) is 6.81. The molecule has 0 bridgehead atoms. The van der Waals surface area contributed by atoms with Gasteiger partial charge in [-0.05, 0) is 0 Å². The van der Waals surface area contributed by atoms with Gasteiger partial charge in [0.05, 0.1) is 0 Å². The van der Waals surface area contributed by atoms with E-state index in [1.807, 2.05) is 0 Å². The van der Waals surface area contributed by atoms with Gasteiger partial charge < -0.3 is 0 Å². The molecule has 0 N–H and O–H groups in total. The summed E-state index contributed by atoms with van der Waals surface area (Å²) >= 11 is -1.90. The van der Waals surface area contributed by atoms with Crippen molar-refractivity contribution in [2.24, 2.45) is 17.8 Å². The van der Waals surface area contributed by atoms with Crippen molar-refractivity contribution in [2.75, 3.05) is 0 Å². The summed E-state index contributed by atoms with van der Waals surface area (Å²) in [5.74, 6) is 2.80. The maximum absolute atomic E-state index is 2.48. The fourth-order valence-electron chi connectivity index (χ4n) is 3.28. The van der Waals surface area contributed by atoms with Crippen molar-refractivity contribution < 1.29 is 20.0 Å².